The molecule has 0 saturated carbocycles. The lowest BCUT2D eigenvalue weighted by molar-refractivity contribution is -0.173. The molecule has 2 atom stereocenters. The highest BCUT2D eigenvalue weighted by Gasteiger charge is 2.42. The van der Waals surface area contributed by atoms with Crippen molar-refractivity contribution >= 4 is 17.9 Å². The van der Waals surface area contributed by atoms with Gasteiger partial charge in [-0.2, -0.15) is 0 Å². The third kappa shape index (κ3) is 5.21. The molecule has 0 bridgehead atoms. The highest BCUT2D eigenvalue weighted by molar-refractivity contribution is 5.98. The molecule has 118 valence electrons. The van der Waals surface area contributed by atoms with E-state index in [0.29, 0.717) is 0 Å². The summed E-state index contributed by atoms with van der Waals surface area (Å²) in [5.41, 5.74) is 0.0395. The minimum Gasteiger partial charge on any atom is -0.481 e. The van der Waals surface area contributed by atoms with Crippen molar-refractivity contribution in [3.63, 3.8) is 0 Å². The smallest absolute Gasteiger partial charge is 0.321 e. The van der Waals surface area contributed by atoms with Gasteiger partial charge in [-0.25, -0.2) is 0 Å². The molecule has 0 aromatic rings. The maximum atomic E-state index is 12.0. The first-order chi connectivity index (χ1) is 9.61. The van der Waals surface area contributed by atoms with Gasteiger partial charge in [-0.3, -0.25) is 14.4 Å². The SMILES string of the molecule is CC(C)(C)OC(=O)C(C(=O)O)[C@@H](CC1=CCCC1)C(=O)O. The van der Waals surface area contributed by atoms with Gasteiger partial charge in [-0.1, -0.05) is 11.6 Å². The zero-order valence-electron chi connectivity index (χ0n) is 12.6. The summed E-state index contributed by atoms with van der Waals surface area (Å²) in [7, 11) is 0. The number of hydrogen-bond acceptors (Lipinski definition) is 4. The largest absolute Gasteiger partial charge is 0.481 e. The molecule has 6 heteroatoms. The van der Waals surface area contributed by atoms with Crippen molar-refractivity contribution in [2.45, 2.75) is 52.1 Å². The van der Waals surface area contributed by atoms with Crippen LogP contribution in [0.4, 0.5) is 0 Å². The van der Waals surface area contributed by atoms with Gasteiger partial charge in [0, 0.05) is 0 Å². The standard InChI is InChI=1S/C15H22O6/c1-15(2,3)21-14(20)11(13(18)19)10(12(16)17)8-9-6-4-5-7-9/h6,10-11H,4-5,7-8H2,1-3H3,(H,16,17)(H,18,19)/t10-,11?/m1/s1. The predicted molar refractivity (Wildman–Crippen MR) is 74.6 cm³/mol. The average molecular weight is 298 g/mol. The Morgan fingerprint density at radius 3 is 2.24 bits per heavy atom. The lowest BCUT2D eigenvalue weighted by Gasteiger charge is -2.25. The van der Waals surface area contributed by atoms with Crippen molar-refractivity contribution in [3.8, 4) is 0 Å². The normalized spacial score (nSPS) is 17.8. The van der Waals surface area contributed by atoms with E-state index < -0.39 is 35.3 Å². The van der Waals surface area contributed by atoms with E-state index in [0.717, 1.165) is 24.8 Å². The number of allylic oxidation sites excluding steroid dienone is 2. The third-order valence-corrected chi connectivity index (χ3v) is 3.26. The highest BCUT2D eigenvalue weighted by atomic mass is 16.6. The van der Waals surface area contributed by atoms with Gasteiger partial charge in [0.05, 0.1) is 5.92 Å². The Kier molecular flexibility index (Phi) is 5.52. The van der Waals surface area contributed by atoms with E-state index in [9.17, 15) is 24.6 Å². The quantitative estimate of drug-likeness (QED) is 0.443. The second kappa shape index (κ2) is 6.74. The molecule has 0 aromatic carbocycles. The number of carboxylic acid groups (broad SMARTS) is 2. The van der Waals surface area contributed by atoms with Gasteiger partial charge in [-0.15, -0.1) is 0 Å². The molecule has 0 aromatic heterocycles. The van der Waals surface area contributed by atoms with E-state index in [2.05, 4.69) is 0 Å². The van der Waals surface area contributed by atoms with E-state index in [4.69, 9.17) is 4.74 Å². The molecule has 0 saturated heterocycles. The Morgan fingerprint density at radius 1 is 1.24 bits per heavy atom. The van der Waals surface area contributed by atoms with Crippen molar-refractivity contribution < 1.29 is 29.3 Å². The summed E-state index contributed by atoms with van der Waals surface area (Å²) in [6, 6.07) is 0. The molecule has 6 nitrogen and oxygen atoms in total. The van der Waals surface area contributed by atoms with Crippen molar-refractivity contribution in [2.24, 2.45) is 11.8 Å². The summed E-state index contributed by atoms with van der Waals surface area (Å²) in [5.74, 6) is -6.75. The number of aliphatic carboxylic acids is 2. The van der Waals surface area contributed by atoms with E-state index in [-0.39, 0.29) is 6.42 Å². The zero-order chi connectivity index (χ0) is 16.2. The molecular weight excluding hydrogens is 276 g/mol. The summed E-state index contributed by atoms with van der Waals surface area (Å²) in [6.07, 6.45) is 4.55. The Labute approximate surface area is 123 Å². The zero-order valence-corrected chi connectivity index (χ0v) is 12.6. The number of hydrogen-bond donors (Lipinski definition) is 2. The van der Waals surface area contributed by atoms with Crippen LogP contribution in [0.3, 0.4) is 0 Å². The molecule has 0 spiro atoms. The fourth-order valence-corrected chi connectivity index (χ4v) is 2.36. The van der Waals surface area contributed by atoms with Crippen LogP contribution in [0.2, 0.25) is 0 Å². The second-order valence-electron chi connectivity index (χ2n) is 6.25. The number of ether oxygens (including phenoxy) is 1. The van der Waals surface area contributed by atoms with Crippen LogP contribution in [0.5, 0.6) is 0 Å². The van der Waals surface area contributed by atoms with Gasteiger partial charge in [0.15, 0.2) is 5.92 Å². The maximum Gasteiger partial charge on any atom is 0.321 e. The molecule has 1 unspecified atom stereocenters. The summed E-state index contributed by atoms with van der Waals surface area (Å²) in [4.78, 5) is 34.8. The van der Waals surface area contributed by atoms with Gasteiger partial charge >= 0.3 is 17.9 Å². The van der Waals surface area contributed by atoms with Crippen LogP contribution in [-0.4, -0.2) is 33.7 Å². The Bertz CT molecular complexity index is 457. The first kappa shape index (κ1) is 17.2. The molecule has 1 aliphatic rings. The predicted octanol–water partition coefficient (Wildman–Crippen LogP) is 2.23. The van der Waals surface area contributed by atoms with E-state index in [1.807, 2.05) is 6.08 Å². The van der Waals surface area contributed by atoms with Crippen molar-refractivity contribution in [3.05, 3.63) is 11.6 Å². The van der Waals surface area contributed by atoms with Crippen LogP contribution in [0.15, 0.2) is 11.6 Å². The van der Waals surface area contributed by atoms with Gasteiger partial charge in [0.25, 0.3) is 0 Å². The summed E-state index contributed by atoms with van der Waals surface area (Å²) < 4.78 is 5.05. The molecule has 0 amide bonds. The van der Waals surface area contributed by atoms with E-state index >= 15 is 0 Å². The average Bonchev–Trinajstić information content (AvgIpc) is 2.77. The van der Waals surface area contributed by atoms with Crippen molar-refractivity contribution in [2.75, 3.05) is 0 Å². The minimum absolute atomic E-state index is 0.0749. The Hall–Kier alpha value is -1.85. The monoisotopic (exact) mass is 298 g/mol. The van der Waals surface area contributed by atoms with E-state index in [1.54, 1.807) is 20.8 Å². The fraction of sp³-hybridized carbons (Fsp3) is 0.667. The molecular formula is C15H22O6. The lowest BCUT2D eigenvalue weighted by Crippen LogP contribution is -2.40. The number of esters is 1. The Morgan fingerprint density at radius 2 is 1.86 bits per heavy atom. The second-order valence-corrected chi connectivity index (χ2v) is 6.25. The highest BCUT2D eigenvalue weighted by Crippen LogP contribution is 2.30. The van der Waals surface area contributed by atoms with Gasteiger partial charge in [0.1, 0.15) is 5.60 Å². The van der Waals surface area contributed by atoms with Crippen LogP contribution in [0.25, 0.3) is 0 Å². The number of carbonyl (C=O) groups is 3. The molecule has 0 heterocycles. The number of rotatable bonds is 6. The molecule has 2 N–H and O–H groups in total. The molecule has 0 fully saturated rings. The molecule has 1 aliphatic carbocycles. The van der Waals surface area contributed by atoms with Crippen LogP contribution in [0.1, 0.15) is 46.5 Å². The summed E-state index contributed by atoms with van der Waals surface area (Å²) in [5, 5.41) is 18.6. The molecule has 0 radical (unpaired) electrons. The molecule has 21 heavy (non-hydrogen) atoms. The lowest BCUT2D eigenvalue weighted by atomic mass is 9.86. The first-order valence-electron chi connectivity index (χ1n) is 6.98. The first-order valence-corrected chi connectivity index (χ1v) is 6.98. The van der Waals surface area contributed by atoms with Gasteiger partial charge in [0.2, 0.25) is 0 Å². The summed E-state index contributed by atoms with van der Waals surface area (Å²) >= 11 is 0. The van der Waals surface area contributed by atoms with Crippen LogP contribution in [-0.2, 0) is 19.1 Å². The topological polar surface area (TPSA) is 101 Å². The maximum absolute atomic E-state index is 12.0. The summed E-state index contributed by atoms with van der Waals surface area (Å²) in [6.45, 7) is 4.83. The third-order valence-electron chi connectivity index (χ3n) is 3.26. The van der Waals surface area contributed by atoms with Crippen LogP contribution >= 0.6 is 0 Å². The van der Waals surface area contributed by atoms with E-state index in [1.165, 1.54) is 0 Å². The number of carboxylic acids is 2. The Balaban J connectivity index is 2.95. The van der Waals surface area contributed by atoms with Crippen LogP contribution < -0.4 is 0 Å². The molecule has 0 aliphatic heterocycles. The van der Waals surface area contributed by atoms with Crippen molar-refractivity contribution in [1.29, 1.82) is 0 Å². The van der Waals surface area contributed by atoms with Gasteiger partial charge < -0.3 is 14.9 Å². The van der Waals surface area contributed by atoms with Crippen molar-refractivity contribution in [1.82, 2.24) is 0 Å². The minimum atomic E-state index is -1.69. The van der Waals surface area contributed by atoms with Crippen LogP contribution in [0, 0.1) is 11.8 Å². The van der Waals surface area contributed by atoms with Gasteiger partial charge in [-0.05, 0) is 46.5 Å². The molecule has 1 rings (SSSR count). The fourth-order valence-electron chi connectivity index (χ4n) is 2.36. The number of carbonyl (C=O) groups excluding carboxylic acids is 1.